The average molecular weight is 288 g/mol. The molecule has 1 aliphatic heterocycles. The first-order valence-electron chi connectivity index (χ1n) is 8.25. The number of benzene rings is 1. The molecule has 1 atom stereocenters. The highest BCUT2D eigenvalue weighted by atomic mass is 16.1. The summed E-state index contributed by atoms with van der Waals surface area (Å²) in [6.45, 7) is 7.31. The third-order valence-electron chi connectivity index (χ3n) is 4.32. The van der Waals surface area contributed by atoms with Crippen LogP contribution in [0.5, 0.6) is 0 Å². The second-order valence-corrected chi connectivity index (χ2v) is 6.23. The van der Waals surface area contributed by atoms with Gasteiger partial charge in [-0.05, 0) is 44.8 Å². The molecule has 1 fully saturated rings. The summed E-state index contributed by atoms with van der Waals surface area (Å²) in [5.41, 5.74) is 1.36. The lowest BCUT2D eigenvalue weighted by Gasteiger charge is -2.31. The van der Waals surface area contributed by atoms with Crippen LogP contribution in [0, 0.1) is 5.92 Å². The summed E-state index contributed by atoms with van der Waals surface area (Å²) in [6.07, 6.45) is 4.16. The molecule has 0 spiro atoms. The maximum absolute atomic E-state index is 12.2. The fourth-order valence-corrected chi connectivity index (χ4v) is 3.06. The molecule has 0 bridgehead atoms. The van der Waals surface area contributed by atoms with Gasteiger partial charge in [-0.3, -0.25) is 9.69 Å². The molecule has 1 aromatic rings. The van der Waals surface area contributed by atoms with E-state index in [1.807, 2.05) is 0 Å². The lowest BCUT2D eigenvalue weighted by Crippen LogP contribution is -2.42. The monoisotopic (exact) mass is 288 g/mol. The molecule has 0 aromatic heterocycles. The fourth-order valence-electron chi connectivity index (χ4n) is 3.06. The van der Waals surface area contributed by atoms with Gasteiger partial charge in [0.05, 0.1) is 0 Å². The normalized spacial score (nSPS) is 18.4. The second-order valence-electron chi connectivity index (χ2n) is 6.23. The zero-order chi connectivity index (χ0) is 15.1. The van der Waals surface area contributed by atoms with Crippen LogP contribution in [-0.2, 0) is 11.3 Å². The van der Waals surface area contributed by atoms with Crippen molar-refractivity contribution >= 4 is 5.91 Å². The van der Waals surface area contributed by atoms with Gasteiger partial charge in [-0.15, -0.1) is 0 Å². The Bertz CT molecular complexity index is 424. The molecule has 1 amide bonds. The van der Waals surface area contributed by atoms with Crippen molar-refractivity contribution in [1.82, 2.24) is 10.2 Å². The molecule has 3 heteroatoms. The third-order valence-corrected chi connectivity index (χ3v) is 4.32. The molecular weight excluding hydrogens is 260 g/mol. The van der Waals surface area contributed by atoms with Crippen LogP contribution in [0.2, 0.25) is 0 Å². The molecule has 0 radical (unpaired) electrons. The fraction of sp³-hybridized carbons (Fsp3) is 0.611. The van der Waals surface area contributed by atoms with Crippen molar-refractivity contribution < 1.29 is 4.79 Å². The first-order chi connectivity index (χ1) is 10.2. The van der Waals surface area contributed by atoms with E-state index in [0.717, 1.165) is 45.3 Å². The molecule has 116 valence electrons. The van der Waals surface area contributed by atoms with Crippen molar-refractivity contribution in [2.75, 3.05) is 13.1 Å². The maximum Gasteiger partial charge on any atom is 0.223 e. The van der Waals surface area contributed by atoms with Gasteiger partial charge < -0.3 is 5.32 Å². The summed E-state index contributed by atoms with van der Waals surface area (Å²) in [5, 5.41) is 3.16. The first-order valence-corrected chi connectivity index (χ1v) is 8.25. The van der Waals surface area contributed by atoms with Crippen molar-refractivity contribution in [3.05, 3.63) is 35.9 Å². The number of carbonyl (C=O) groups is 1. The minimum atomic E-state index is 0.205. The molecule has 3 nitrogen and oxygen atoms in total. The molecule has 1 aromatic carbocycles. The van der Waals surface area contributed by atoms with E-state index in [4.69, 9.17) is 0 Å². The predicted molar refractivity (Wildman–Crippen MR) is 87.0 cm³/mol. The van der Waals surface area contributed by atoms with Gasteiger partial charge in [-0.2, -0.15) is 0 Å². The van der Waals surface area contributed by atoms with Crippen LogP contribution in [0.4, 0.5) is 0 Å². The predicted octanol–water partition coefficient (Wildman–Crippen LogP) is 3.20. The summed E-state index contributed by atoms with van der Waals surface area (Å²) < 4.78 is 0. The van der Waals surface area contributed by atoms with E-state index < -0.39 is 0 Å². The number of rotatable bonds is 6. The Labute approximate surface area is 128 Å². The standard InChI is InChI=1S/C18H28N2O/c1-3-7-15(2)19-18(21)17-10-12-20(13-11-17)14-16-8-5-4-6-9-16/h4-6,8-9,15,17H,3,7,10-14H2,1-2H3,(H,19,21). The van der Waals surface area contributed by atoms with Gasteiger partial charge in [0.2, 0.25) is 5.91 Å². The number of nitrogens with zero attached hydrogens (tertiary/aromatic N) is 1. The second kappa shape index (κ2) is 8.18. The van der Waals surface area contributed by atoms with E-state index in [1.165, 1.54) is 5.56 Å². The van der Waals surface area contributed by atoms with Gasteiger partial charge in [0.15, 0.2) is 0 Å². The number of hydrogen-bond acceptors (Lipinski definition) is 2. The lowest BCUT2D eigenvalue weighted by atomic mass is 9.95. The molecule has 1 heterocycles. The van der Waals surface area contributed by atoms with Gasteiger partial charge >= 0.3 is 0 Å². The van der Waals surface area contributed by atoms with Gasteiger partial charge in [-0.1, -0.05) is 43.7 Å². The Hall–Kier alpha value is -1.35. The molecular formula is C18H28N2O. The summed E-state index contributed by atoms with van der Waals surface area (Å²) in [5.74, 6) is 0.464. The maximum atomic E-state index is 12.2. The van der Waals surface area contributed by atoms with Gasteiger partial charge in [-0.25, -0.2) is 0 Å². The number of hydrogen-bond donors (Lipinski definition) is 1. The van der Waals surface area contributed by atoms with Crippen molar-refractivity contribution in [2.24, 2.45) is 5.92 Å². The smallest absolute Gasteiger partial charge is 0.223 e. The van der Waals surface area contributed by atoms with Crippen molar-refractivity contribution in [3.63, 3.8) is 0 Å². The van der Waals surface area contributed by atoms with Crippen LogP contribution in [0.25, 0.3) is 0 Å². The zero-order valence-corrected chi connectivity index (χ0v) is 13.3. The van der Waals surface area contributed by atoms with Crippen LogP contribution in [0.3, 0.4) is 0 Å². The van der Waals surface area contributed by atoms with Crippen molar-refractivity contribution in [1.29, 1.82) is 0 Å². The Balaban J connectivity index is 1.74. The van der Waals surface area contributed by atoms with Crippen molar-refractivity contribution in [2.45, 2.75) is 52.1 Å². The molecule has 1 aliphatic rings. The van der Waals surface area contributed by atoms with E-state index in [2.05, 4.69) is 54.4 Å². The molecule has 0 aliphatic carbocycles. The molecule has 1 N–H and O–H groups in total. The van der Waals surface area contributed by atoms with Crippen LogP contribution >= 0.6 is 0 Å². The van der Waals surface area contributed by atoms with Crippen molar-refractivity contribution in [3.8, 4) is 0 Å². The number of piperidine rings is 1. The summed E-state index contributed by atoms with van der Waals surface area (Å²) in [7, 11) is 0. The summed E-state index contributed by atoms with van der Waals surface area (Å²) in [4.78, 5) is 14.7. The summed E-state index contributed by atoms with van der Waals surface area (Å²) >= 11 is 0. The van der Waals surface area contributed by atoms with E-state index in [9.17, 15) is 4.79 Å². The van der Waals surface area contributed by atoms with Crippen LogP contribution in [0.15, 0.2) is 30.3 Å². The molecule has 1 saturated heterocycles. The molecule has 1 unspecified atom stereocenters. The summed E-state index contributed by atoms with van der Waals surface area (Å²) in [6, 6.07) is 10.9. The first kappa shape index (κ1) is 16.0. The molecule has 21 heavy (non-hydrogen) atoms. The Kier molecular flexibility index (Phi) is 6.24. The zero-order valence-electron chi connectivity index (χ0n) is 13.3. The highest BCUT2D eigenvalue weighted by Gasteiger charge is 2.25. The third kappa shape index (κ3) is 5.16. The molecule has 0 saturated carbocycles. The van der Waals surface area contributed by atoms with Gasteiger partial charge in [0.1, 0.15) is 0 Å². The Morgan fingerprint density at radius 1 is 1.29 bits per heavy atom. The van der Waals surface area contributed by atoms with Crippen LogP contribution in [0.1, 0.15) is 45.1 Å². The molecule has 2 rings (SSSR count). The largest absolute Gasteiger partial charge is 0.353 e. The quantitative estimate of drug-likeness (QED) is 0.872. The van der Waals surface area contributed by atoms with Crippen LogP contribution < -0.4 is 5.32 Å². The van der Waals surface area contributed by atoms with E-state index in [-0.39, 0.29) is 11.8 Å². The highest BCUT2D eigenvalue weighted by Crippen LogP contribution is 2.19. The Morgan fingerprint density at radius 3 is 2.57 bits per heavy atom. The lowest BCUT2D eigenvalue weighted by molar-refractivity contribution is -0.127. The van der Waals surface area contributed by atoms with E-state index >= 15 is 0 Å². The Morgan fingerprint density at radius 2 is 1.95 bits per heavy atom. The minimum Gasteiger partial charge on any atom is -0.353 e. The number of amides is 1. The average Bonchev–Trinajstić information content (AvgIpc) is 2.49. The topological polar surface area (TPSA) is 32.3 Å². The van der Waals surface area contributed by atoms with Gasteiger partial charge in [0, 0.05) is 18.5 Å². The number of nitrogens with one attached hydrogen (secondary N) is 1. The van der Waals surface area contributed by atoms with Crippen LogP contribution in [-0.4, -0.2) is 29.9 Å². The number of carbonyl (C=O) groups excluding carboxylic acids is 1. The minimum absolute atomic E-state index is 0.205. The SMILES string of the molecule is CCCC(C)NC(=O)C1CCN(Cc2ccccc2)CC1. The van der Waals surface area contributed by atoms with E-state index in [0.29, 0.717) is 6.04 Å². The highest BCUT2D eigenvalue weighted by molar-refractivity contribution is 5.79. The van der Waals surface area contributed by atoms with E-state index in [1.54, 1.807) is 0 Å². The van der Waals surface area contributed by atoms with Gasteiger partial charge in [0.25, 0.3) is 0 Å². The number of likely N-dealkylation sites (tertiary alicyclic amines) is 1.